The second-order valence-electron chi connectivity index (χ2n) is 3.73. The minimum Gasteiger partial charge on any atom is -0.308 e. The smallest absolute Gasteiger partial charge is 0.258 e. The van der Waals surface area contributed by atoms with Crippen molar-refractivity contribution in [2.75, 3.05) is 6.54 Å². The van der Waals surface area contributed by atoms with E-state index in [1.165, 1.54) is 0 Å². The highest BCUT2D eigenvalue weighted by Crippen LogP contribution is 2.35. The fraction of sp³-hybridized carbons (Fsp3) is 0.250. The van der Waals surface area contributed by atoms with Crippen molar-refractivity contribution in [1.29, 1.82) is 0 Å². The second-order valence-corrected chi connectivity index (χ2v) is 3.73. The first-order valence-electron chi connectivity index (χ1n) is 4.99. The largest absolute Gasteiger partial charge is 0.308 e. The Morgan fingerprint density at radius 1 is 1.14 bits per heavy atom. The summed E-state index contributed by atoms with van der Waals surface area (Å²) in [5.41, 5.74) is 3.09. The molecule has 0 bridgehead atoms. The lowest BCUT2D eigenvalue weighted by molar-refractivity contribution is 0.0845. The molecule has 2 aliphatic rings. The molecule has 1 aromatic rings. The van der Waals surface area contributed by atoms with Crippen LogP contribution in [-0.4, -0.2) is 17.4 Å². The zero-order valence-electron chi connectivity index (χ0n) is 7.86. The van der Waals surface area contributed by atoms with Crippen molar-refractivity contribution >= 4 is 11.6 Å². The molecule has 2 aliphatic heterocycles. The first kappa shape index (κ1) is 7.80. The number of nitrogens with zero attached hydrogens (tertiary/aromatic N) is 1. The quantitative estimate of drug-likeness (QED) is 0.607. The van der Waals surface area contributed by atoms with Crippen LogP contribution in [0.4, 0.5) is 0 Å². The van der Waals surface area contributed by atoms with Crippen LogP contribution in [0.1, 0.15) is 28.8 Å². The van der Waals surface area contributed by atoms with Gasteiger partial charge in [0.25, 0.3) is 5.91 Å². The molecular formula is C12H11NO. The Hall–Kier alpha value is -1.57. The van der Waals surface area contributed by atoms with E-state index < -0.39 is 0 Å². The summed E-state index contributed by atoms with van der Waals surface area (Å²) >= 11 is 0. The molecule has 0 fully saturated rings. The molecular weight excluding hydrogens is 174 g/mol. The van der Waals surface area contributed by atoms with Crippen LogP contribution in [-0.2, 0) is 0 Å². The minimum absolute atomic E-state index is 0.173. The van der Waals surface area contributed by atoms with Gasteiger partial charge in [-0.1, -0.05) is 24.3 Å². The van der Waals surface area contributed by atoms with E-state index in [0.29, 0.717) is 0 Å². The van der Waals surface area contributed by atoms with Crippen LogP contribution in [0.5, 0.6) is 0 Å². The molecule has 0 aromatic heterocycles. The summed E-state index contributed by atoms with van der Waals surface area (Å²) in [6, 6.07) is 7.86. The van der Waals surface area contributed by atoms with E-state index in [9.17, 15) is 4.79 Å². The Labute approximate surface area is 82.8 Å². The lowest BCUT2D eigenvalue weighted by Gasteiger charge is -2.21. The Morgan fingerprint density at radius 3 is 2.79 bits per heavy atom. The molecule has 0 spiro atoms. The second kappa shape index (κ2) is 2.71. The average Bonchev–Trinajstić information content (AvgIpc) is 2.55. The standard InChI is InChI=1S/C12H11NO/c14-12-10-6-2-1-5-9(10)11-7-3-4-8-13(11)12/h1-2,5-7H,3-4,8H2. The number of allylic oxidation sites excluding steroid dienone is 1. The molecule has 1 aromatic carbocycles. The maximum atomic E-state index is 11.9. The molecule has 0 unspecified atom stereocenters. The highest BCUT2D eigenvalue weighted by atomic mass is 16.2. The first-order valence-corrected chi connectivity index (χ1v) is 4.99. The van der Waals surface area contributed by atoms with Gasteiger partial charge in [-0.3, -0.25) is 4.79 Å². The van der Waals surface area contributed by atoms with Gasteiger partial charge in [-0.05, 0) is 18.9 Å². The number of carbonyl (C=O) groups is 1. The maximum absolute atomic E-state index is 11.9. The van der Waals surface area contributed by atoms with Crippen LogP contribution in [0.3, 0.4) is 0 Å². The molecule has 2 nitrogen and oxygen atoms in total. The van der Waals surface area contributed by atoms with Gasteiger partial charge in [-0.15, -0.1) is 0 Å². The monoisotopic (exact) mass is 185 g/mol. The molecule has 1 amide bonds. The Kier molecular flexibility index (Phi) is 1.51. The molecule has 0 aliphatic carbocycles. The van der Waals surface area contributed by atoms with E-state index in [2.05, 4.69) is 6.08 Å². The van der Waals surface area contributed by atoms with E-state index in [4.69, 9.17) is 0 Å². The van der Waals surface area contributed by atoms with E-state index >= 15 is 0 Å². The van der Waals surface area contributed by atoms with E-state index in [0.717, 1.165) is 36.2 Å². The normalized spacial score (nSPS) is 19.0. The number of rotatable bonds is 0. The highest BCUT2D eigenvalue weighted by Gasteiger charge is 2.32. The Bertz CT molecular complexity index is 434. The molecule has 0 radical (unpaired) electrons. The summed E-state index contributed by atoms with van der Waals surface area (Å²) in [5.74, 6) is 0.173. The summed E-state index contributed by atoms with van der Waals surface area (Å²) in [4.78, 5) is 13.8. The lowest BCUT2D eigenvalue weighted by atomic mass is 10.1. The summed E-state index contributed by atoms with van der Waals surface area (Å²) in [7, 11) is 0. The van der Waals surface area contributed by atoms with Crippen molar-refractivity contribution in [3.63, 3.8) is 0 Å². The van der Waals surface area contributed by atoms with Gasteiger partial charge in [0, 0.05) is 23.4 Å². The Morgan fingerprint density at radius 2 is 1.93 bits per heavy atom. The summed E-state index contributed by atoms with van der Waals surface area (Å²) in [6.07, 6.45) is 4.35. The van der Waals surface area contributed by atoms with Crippen molar-refractivity contribution in [1.82, 2.24) is 4.90 Å². The van der Waals surface area contributed by atoms with Gasteiger partial charge in [0.2, 0.25) is 0 Å². The molecule has 3 rings (SSSR count). The summed E-state index contributed by atoms with van der Waals surface area (Å²) in [5, 5.41) is 0. The number of fused-ring (bicyclic) bond motifs is 3. The third-order valence-corrected chi connectivity index (χ3v) is 2.89. The molecule has 2 heterocycles. The van der Waals surface area contributed by atoms with Gasteiger partial charge in [-0.2, -0.15) is 0 Å². The van der Waals surface area contributed by atoms with Gasteiger partial charge in [0.15, 0.2) is 0 Å². The van der Waals surface area contributed by atoms with Gasteiger partial charge in [0.05, 0.1) is 0 Å². The van der Waals surface area contributed by atoms with E-state index in [1.54, 1.807) is 0 Å². The predicted octanol–water partition coefficient (Wildman–Crippen LogP) is 2.28. The van der Waals surface area contributed by atoms with E-state index in [1.807, 2.05) is 29.2 Å². The summed E-state index contributed by atoms with van der Waals surface area (Å²) < 4.78 is 0. The fourth-order valence-corrected chi connectivity index (χ4v) is 2.22. The molecule has 0 atom stereocenters. The zero-order valence-corrected chi connectivity index (χ0v) is 7.86. The predicted molar refractivity (Wildman–Crippen MR) is 54.7 cm³/mol. The molecule has 2 heteroatoms. The fourth-order valence-electron chi connectivity index (χ4n) is 2.22. The van der Waals surface area contributed by atoms with Crippen molar-refractivity contribution in [3.05, 3.63) is 41.5 Å². The number of hydrogen-bond donors (Lipinski definition) is 0. The third-order valence-electron chi connectivity index (χ3n) is 2.89. The number of hydrogen-bond acceptors (Lipinski definition) is 1. The number of amides is 1. The topological polar surface area (TPSA) is 20.3 Å². The van der Waals surface area contributed by atoms with Crippen molar-refractivity contribution in [2.45, 2.75) is 12.8 Å². The highest BCUT2D eigenvalue weighted by molar-refractivity contribution is 6.09. The van der Waals surface area contributed by atoms with E-state index in [-0.39, 0.29) is 5.91 Å². The van der Waals surface area contributed by atoms with Crippen molar-refractivity contribution in [2.24, 2.45) is 0 Å². The van der Waals surface area contributed by atoms with Crippen LogP contribution < -0.4 is 0 Å². The Balaban J connectivity index is 2.23. The van der Waals surface area contributed by atoms with Crippen LogP contribution >= 0.6 is 0 Å². The number of benzene rings is 1. The molecule has 14 heavy (non-hydrogen) atoms. The van der Waals surface area contributed by atoms with Crippen LogP contribution in [0, 0.1) is 0 Å². The van der Waals surface area contributed by atoms with Gasteiger partial charge >= 0.3 is 0 Å². The summed E-state index contributed by atoms with van der Waals surface area (Å²) in [6.45, 7) is 0.874. The number of carbonyl (C=O) groups excluding carboxylic acids is 1. The van der Waals surface area contributed by atoms with Crippen LogP contribution in [0.2, 0.25) is 0 Å². The van der Waals surface area contributed by atoms with Crippen LogP contribution in [0.15, 0.2) is 30.3 Å². The minimum atomic E-state index is 0.173. The van der Waals surface area contributed by atoms with Crippen molar-refractivity contribution < 1.29 is 4.79 Å². The van der Waals surface area contributed by atoms with Crippen LogP contribution in [0.25, 0.3) is 5.70 Å². The molecule has 0 N–H and O–H groups in total. The molecule has 0 saturated heterocycles. The van der Waals surface area contributed by atoms with Gasteiger partial charge < -0.3 is 4.90 Å². The van der Waals surface area contributed by atoms with Crippen molar-refractivity contribution in [3.8, 4) is 0 Å². The first-order chi connectivity index (χ1) is 6.88. The SMILES string of the molecule is O=C1c2ccccc2C2=CCCCN12. The van der Waals surface area contributed by atoms with Gasteiger partial charge in [-0.25, -0.2) is 0 Å². The maximum Gasteiger partial charge on any atom is 0.258 e. The lowest BCUT2D eigenvalue weighted by Crippen LogP contribution is -2.26. The molecule has 0 saturated carbocycles. The average molecular weight is 185 g/mol. The molecule has 70 valence electrons. The van der Waals surface area contributed by atoms with Gasteiger partial charge in [0.1, 0.15) is 0 Å². The third kappa shape index (κ3) is 0.882. The zero-order chi connectivity index (χ0) is 9.54.